The highest BCUT2D eigenvalue weighted by atomic mass is 79.9. The molecule has 0 N–H and O–H groups in total. The second-order valence-corrected chi connectivity index (χ2v) is 3.05. The molecule has 0 saturated heterocycles. The molecule has 0 aromatic carbocycles. The molecular weight excluding hydrogens is 164 g/mol. The van der Waals surface area contributed by atoms with Crippen molar-refractivity contribution in [3.05, 3.63) is 0 Å². The molecule has 0 amide bonds. The topological polar surface area (TPSA) is 0 Å². The average Bonchev–Trinajstić information content (AvgIpc) is 1.83. The van der Waals surface area contributed by atoms with Gasteiger partial charge < -0.3 is 0 Å². The van der Waals surface area contributed by atoms with Crippen LogP contribution in [0.3, 0.4) is 0 Å². The van der Waals surface area contributed by atoms with Crippen molar-refractivity contribution in [2.75, 3.05) is 5.33 Å². The van der Waals surface area contributed by atoms with Gasteiger partial charge in [-0.1, -0.05) is 42.6 Å². The Labute approximate surface area is 60.8 Å². The molecule has 0 aromatic rings. The molecular formula is C7H15Br. The fraction of sp³-hybridized carbons (Fsp3) is 1.00. The Morgan fingerprint density at radius 3 is 2.50 bits per heavy atom. The normalized spacial score (nSPS) is 13.9. The van der Waals surface area contributed by atoms with Crippen molar-refractivity contribution in [3.8, 4) is 0 Å². The number of halogens is 1. The average molecular weight is 179 g/mol. The van der Waals surface area contributed by atoms with Gasteiger partial charge in [0.2, 0.25) is 0 Å². The number of alkyl halides is 1. The fourth-order valence-electron chi connectivity index (χ4n) is 0.630. The largest absolute Gasteiger partial charge is 0.0925 e. The van der Waals surface area contributed by atoms with Crippen LogP contribution in [0.4, 0.5) is 0 Å². The molecule has 0 aromatic heterocycles. The van der Waals surface area contributed by atoms with E-state index in [0.717, 1.165) is 11.2 Å². The summed E-state index contributed by atoms with van der Waals surface area (Å²) >= 11 is 3.44. The van der Waals surface area contributed by atoms with Gasteiger partial charge in [-0.05, 0) is 12.3 Å². The minimum atomic E-state index is 0.870. The third-order valence-corrected chi connectivity index (χ3v) is 2.42. The molecule has 0 spiro atoms. The number of rotatable bonds is 4. The van der Waals surface area contributed by atoms with E-state index in [1.165, 1.54) is 19.3 Å². The van der Waals surface area contributed by atoms with Gasteiger partial charge in [0.25, 0.3) is 0 Å². The highest BCUT2D eigenvalue weighted by molar-refractivity contribution is 9.09. The Hall–Kier alpha value is 0.480. The third-order valence-electron chi connectivity index (χ3n) is 1.31. The molecule has 1 heteroatoms. The van der Waals surface area contributed by atoms with Crippen LogP contribution in [0.2, 0.25) is 0 Å². The van der Waals surface area contributed by atoms with Crippen molar-refractivity contribution in [2.45, 2.75) is 33.1 Å². The minimum Gasteiger partial charge on any atom is -0.0925 e. The standard InChI is InChI=1S/C7H15Br/c1-3-4-5-7(2)6-8/h7H,3-6H2,1-2H3. The van der Waals surface area contributed by atoms with Crippen LogP contribution in [0.25, 0.3) is 0 Å². The Balaban J connectivity index is 2.86. The first-order chi connectivity index (χ1) is 3.81. The Kier molecular flexibility index (Phi) is 5.95. The van der Waals surface area contributed by atoms with Crippen LogP contribution in [-0.2, 0) is 0 Å². The van der Waals surface area contributed by atoms with E-state index in [4.69, 9.17) is 0 Å². The van der Waals surface area contributed by atoms with E-state index in [1.807, 2.05) is 0 Å². The molecule has 1 unspecified atom stereocenters. The molecule has 0 heterocycles. The van der Waals surface area contributed by atoms with Gasteiger partial charge in [0.15, 0.2) is 0 Å². The van der Waals surface area contributed by atoms with Gasteiger partial charge in [0.1, 0.15) is 0 Å². The van der Waals surface area contributed by atoms with E-state index in [0.29, 0.717) is 0 Å². The van der Waals surface area contributed by atoms with Gasteiger partial charge in [-0.25, -0.2) is 0 Å². The zero-order valence-corrected chi connectivity index (χ0v) is 7.37. The summed E-state index contributed by atoms with van der Waals surface area (Å²) in [5, 5.41) is 1.16. The molecule has 0 fully saturated rings. The zero-order valence-electron chi connectivity index (χ0n) is 5.78. The van der Waals surface area contributed by atoms with Crippen LogP contribution in [0.1, 0.15) is 33.1 Å². The van der Waals surface area contributed by atoms with Crippen LogP contribution >= 0.6 is 15.9 Å². The maximum absolute atomic E-state index is 3.44. The predicted octanol–water partition coefficient (Wildman–Crippen LogP) is 3.21. The van der Waals surface area contributed by atoms with Gasteiger partial charge in [-0.3, -0.25) is 0 Å². The zero-order chi connectivity index (χ0) is 6.41. The third kappa shape index (κ3) is 4.63. The van der Waals surface area contributed by atoms with Gasteiger partial charge in [0.05, 0.1) is 0 Å². The molecule has 0 rings (SSSR count). The summed E-state index contributed by atoms with van der Waals surface area (Å²) in [5.74, 6) is 0.870. The molecule has 50 valence electrons. The molecule has 0 aliphatic carbocycles. The van der Waals surface area contributed by atoms with E-state index >= 15 is 0 Å². The smallest absolute Gasteiger partial charge is 0.00570 e. The first-order valence-corrected chi connectivity index (χ1v) is 4.49. The van der Waals surface area contributed by atoms with Crippen molar-refractivity contribution < 1.29 is 0 Å². The lowest BCUT2D eigenvalue weighted by atomic mass is 10.1. The molecule has 0 nitrogen and oxygen atoms in total. The van der Waals surface area contributed by atoms with Crippen LogP contribution in [0, 0.1) is 5.92 Å². The van der Waals surface area contributed by atoms with E-state index < -0.39 is 0 Å². The van der Waals surface area contributed by atoms with Crippen molar-refractivity contribution in [1.82, 2.24) is 0 Å². The maximum Gasteiger partial charge on any atom is 0.00570 e. The maximum atomic E-state index is 3.44. The first-order valence-electron chi connectivity index (χ1n) is 3.37. The highest BCUT2D eigenvalue weighted by Gasteiger charge is 1.95. The number of hydrogen-bond acceptors (Lipinski definition) is 0. The Morgan fingerprint density at radius 1 is 1.50 bits per heavy atom. The molecule has 0 aliphatic rings. The van der Waals surface area contributed by atoms with Crippen LogP contribution < -0.4 is 0 Å². The van der Waals surface area contributed by atoms with E-state index in [9.17, 15) is 0 Å². The fourth-order valence-corrected chi connectivity index (χ4v) is 0.953. The van der Waals surface area contributed by atoms with Gasteiger partial charge in [0, 0.05) is 5.33 Å². The van der Waals surface area contributed by atoms with Crippen molar-refractivity contribution in [2.24, 2.45) is 5.92 Å². The lowest BCUT2D eigenvalue weighted by Gasteiger charge is -2.03. The Morgan fingerprint density at radius 2 is 2.12 bits per heavy atom. The summed E-state index contributed by atoms with van der Waals surface area (Å²) in [6, 6.07) is 0. The second kappa shape index (κ2) is 5.61. The van der Waals surface area contributed by atoms with Crippen molar-refractivity contribution >= 4 is 15.9 Å². The lowest BCUT2D eigenvalue weighted by Crippen LogP contribution is -1.93. The SMILES string of the molecule is CCCCC(C)CBr. The predicted molar refractivity (Wildman–Crippen MR) is 42.5 cm³/mol. The summed E-state index contributed by atoms with van der Waals surface area (Å²) in [6.45, 7) is 4.52. The monoisotopic (exact) mass is 178 g/mol. The van der Waals surface area contributed by atoms with Crippen LogP contribution in [0.15, 0.2) is 0 Å². The lowest BCUT2D eigenvalue weighted by molar-refractivity contribution is 0.560. The van der Waals surface area contributed by atoms with E-state index in [-0.39, 0.29) is 0 Å². The van der Waals surface area contributed by atoms with Gasteiger partial charge in [-0.15, -0.1) is 0 Å². The summed E-state index contributed by atoms with van der Waals surface area (Å²) in [5.41, 5.74) is 0. The second-order valence-electron chi connectivity index (χ2n) is 2.40. The summed E-state index contributed by atoms with van der Waals surface area (Å²) in [7, 11) is 0. The van der Waals surface area contributed by atoms with Crippen molar-refractivity contribution in [3.63, 3.8) is 0 Å². The molecule has 0 bridgehead atoms. The minimum absolute atomic E-state index is 0.870. The van der Waals surface area contributed by atoms with Crippen LogP contribution in [-0.4, -0.2) is 5.33 Å². The van der Waals surface area contributed by atoms with Crippen molar-refractivity contribution in [1.29, 1.82) is 0 Å². The highest BCUT2D eigenvalue weighted by Crippen LogP contribution is 2.09. The number of hydrogen-bond donors (Lipinski definition) is 0. The quantitative estimate of drug-likeness (QED) is 0.581. The number of unbranched alkanes of at least 4 members (excludes halogenated alkanes) is 1. The molecule has 0 aliphatic heterocycles. The molecule has 8 heavy (non-hydrogen) atoms. The van der Waals surface area contributed by atoms with Crippen LogP contribution in [0.5, 0.6) is 0 Å². The Bertz CT molecular complexity index is 43.7. The summed E-state index contributed by atoms with van der Waals surface area (Å²) in [6.07, 6.45) is 4.09. The first kappa shape index (κ1) is 8.48. The van der Waals surface area contributed by atoms with Gasteiger partial charge >= 0.3 is 0 Å². The molecule has 1 atom stereocenters. The van der Waals surface area contributed by atoms with E-state index in [2.05, 4.69) is 29.8 Å². The molecule has 0 saturated carbocycles. The van der Waals surface area contributed by atoms with E-state index in [1.54, 1.807) is 0 Å². The summed E-state index contributed by atoms with van der Waals surface area (Å²) in [4.78, 5) is 0. The van der Waals surface area contributed by atoms with Gasteiger partial charge in [-0.2, -0.15) is 0 Å². The summed E-state index contributed by atoms with van der Waals surface area (Å²) < 4.78 is 0. The molecule has 0 radical (unpaired) electrons.